The zero-order valence-corrected chi connectivity index (χ0v) is 37.4. The maximum absolute atomic E-state index is 13.6. The number of carbonyl (C=O) groups excluding carboxylic acids is 7. The highest BCUT2D eigenvalue weighted by molar-refractivity contribution is 7.98. The first-order valence-corrected chi connectivity index (χ1v) is 21.8. The van der Waals surface area contributed by atoms with Crippen molar-refractivity contribution in [3.63, 3.8) is 0 Å². The molecule has 0 saturated carbocycles. The Hall–Kier alpha value is -5.28. The quantitative estimate of drug-likeness (QED) is 0.0491. The van der Waals surface area contributed by atoms with E-state index in [1.54, 1.807) is 44.2 Å². The topological polar surface area (TPSA) is 319 Å². The lowest BCUT2D eigenvalue weighted by atomic mass is 9.96. The minimum atomic E-state index is -1.66. The zero-order valence-electron chi connectivity index (χ0n) is 36.6. The van der Waals surface area contributed by atoms with Gasteiger partial charge in [0.1, 0.15) is 36.3 Å². The van der Waals surface area contributed by atoms with Gasteiger partial charge in [-0.1, -0.05) is 58.0 Å². The lowest BCUT2D eigenvalue weighted by molar-refractivity contribution is -0.143. The molecule has 7 amide bonds. The van der Waals surface area contributed by atoms with Crippen LogP contribution in [0.1, 0.15) is 86.1 Å². The molecule has 0 aliphatic rings. The van der Waals surface area contributed by atoms with E-state index in [0.29, 0.717) is 11.3 Å². The van der Waals surface area contributed by atoms with E-state index >= 15 is 0 Å². The van der Waals surface area contributed by atoms with Gasteiger partial charge in [0.2, 0.25) is 41.4 Å². The van der Waals surface area contributed by atoms with Crippen LogP contribution in [0.4, 0.5) is 0 Å². The van der Waals surface area contributed by atoms with Crippen LogP contribution >= 0.6 is 11.8 Å². The third-order valence-electron chi connectivity index (χ3n) is 9.47. The Labute approximate surface area is 366 Å². The Morgan fingerprint density at radius 3 is 1.71 bits per heavy atom. The van der Waals surface area contributed by atoms with E-state index in [2.05, 4.69) is 37.2 Å². The molecule has 1 aromatic rings. The van der Waals surface area contributed by atoms with Crippen LogP contribution in [0.3, 0.4) is 0 Å². The summed E-state index contributed by atoms with van der Waals surface area (Å²) in [6.45, 7) is 10.8. The van der Waals surface area contributed by atoms with Crippen molar-refractivity contribution < 1.29 is 63.6 Å². The summed E-state index contributed by atoms with van der Waals surface area (Å²) in [4.78, 5) is 115. The molecule has 348 valence electrons. The van der Waals surface area contributed by atoms with Crippen LogP contribution in [-0.2, 0) is 49.6 Å². The number of amides is 7. The minimum Gasteiger partial charge on any atom is -0.481 e. The normalized spacial score (nSPS) is 15.5. The Morgan fingerprint density at radius 2 is 1.19 bits per heavy atom. The van der Waals surface area contributed by atoms with Gasteiger partial charge in [-0.25, -0.2) is 4.79 Å². The molecular weight excluding hydrogens is 831 g/mol. The molecule has 0 spiro atoms. The number of hydrogen-bond acceptors (Lipinski definition) is 12. The Morgan fingerprint density at radius 1 is 0.645 bits per heavy atom. The molecule has 1 rings (SSSR count). The summed E-state index contributed by atoms with van der Waals surface area (Å²) in [5.41, 5.74) is 0.591. The molecule has 0 saturated heterocycles. The summed E-state index contributed by atoms with van der Waals surface area (Å²) in [7, 11) is 0. The monoisotopic (exact) mass is 895 g/mol. The van der Waals surface area contributed by atoms with Crippen molar-refractivity contribution >= 4 is 65.1 Å². The molecule has 11 N–H and O–H groups in total. The van der Waals surface area contributed by atoms with E-state index in [9.17, 15) is 63.6 Å². The van der Waals surface area contributed by atoms with E-state index in [0.717, 1.165) is 0 Å². The molecule has 0 radical (unpaired) electrons. The lowest BCUT2D eigenvalue weighted by Crippen LogP contribution is -2.59. The third-order valence-corrected chi connectivity index (χ3v) is 10.1. The smallest absolute Gasteiger partial charge is 0.326 e. The standard InChI is InChI=1S/C41H65N7O13S/c1-21(2)18-29(46-38(57)28(16-17-62-8)45-39(58)34(22(3)4)43-25(7)50)31(51)20-32(52)48-35(24(6)49)40(59)42-23(5)36(55)44-27(14-15-33(53)54)37(56)47-30(41(60)61)19-26-12-10-9-11-13-26/h9-13,21-24,27-31,34-35,49,51H,14-20H2,1-8H3,(H,42,59)(H,43,50)(H,44,55)(H,45,58)(H,46,57)(H,47,56)(H,48,52)(H,53,54)(H,60,61)/t23-,24+,27-,28-,29-,30-,31-,34-,35-/m0/s1. The van der Waals surface area contributed by atoms with E-state index < -0.39 is 127 Å². The number of carboxylic acids is 2. The molecule has 0 unspecified atom stereocenters. The van der Waals surface area contributed by atoms with Gasteiger partial charge in [-0.05, 0) is 62.5 Å². The second kappa shape index (κ2) is 27.6. The highest BCUT2D eigenvalue weighted by Gasteiger charge is 2.34. The van der Waals surface area contributed by atoms with E-state index in [1.165, 1.54) is 32.5 Å². The first-order chi connectivity index (χ1) is 29.0. The van der Waals surface area contributed by atoms with Gasteiger partial charge in [-0.2, -0.15) is 11.8 Å². The van der Waals surface area contributed by atoms with Gasteiger partial charge in [0.05, 0.1) is 24.7 Å². The third kappa shape index (κ3) is 20.5. The maximum Gasteiger partial charge on any atom is 0.326 e. The number of aliphatic hydroxyl groups excluding tert-OH is 2. The van der Waals surface area contributed by atoms with Crippen molar-refractivity contribution in [2.75, 3.05) is 12.0 Å². The van der Waals surface area contributed by atoms with Crippen LogP contribution in [0, 0.1) is 11.8 Å². The number of nitrogens with one attached hydrogen (secondary N) is 7. The number of benzene rings is 1. The maximum atomic E-state index is 13.6. The number of carbonyl (C=O) groups is 9. The molecule has 0 fully saturated rings. The predicted octanol–water partition coefficient (Wildman–Crippen LogP) is -0.801. The molecule has 0 aromatic heterocycles. The van der Waals surface area contributed by atoms with Crippen LogP contribution in [0.2, 0.25) is 0 Å². The summed E-state index contributed by atoms with van der Waals surface area (Å²) in [6, 6.07) is -0.610. The summed E-state index contributed by atoms with van der Waals surface area (Å²) in [6.07, 6.45) is -2.56. The fourth-order valence-corrected chi connectivity index (χ4v) is 6.59. The molecule has 0 heterocycles. The molecule has 0 bridgehead atoms. The van der Waals surface area contributed by atoms with Gasteiger partial charge in [-0.15, -0.1) is 0 Å². The first-order valence-electron chi connectivity index (χ1n) is 20.4. The summed E-state index contributed by atoms with van der Waals surface area (Å²) in [5.74, 6) is -8.10. The molecular formula is C41H65N7O13S. The van der Waals surface area contributed by atoms with Gasteiger partial charge in [0.25, 0.3) is 0 Å². The van der Waals surface area contributed by atoms with Crippen molar-refractivity contribution in [1.29, 1.82) is 0 Å². The summed E-state index contributed by atoms with van der Waals surface area (Å²) >= 11 is 1.44. The van der Waals surface area contributed by atoms with Crippen LogP contribution in [0.25, 0.3) is 0 Å². The molecule has 21 heteroatoms. The van der Waals surface area contributed by atoms with Crippen molar-refractivity contribution in [1.82, 2.24) is 37.2 Å². The number of aliphatic hydroxyl groups is 2. The van der Waals surface area contributed by atoms with E-state index in [1.807, 2.05) is 20.1 Å². The highest BCUT2D eigenvalue weighted by Crippen LogP contribution is 2.14. The van der Waals surface area contributed by atoms with E-state index in [-0.39, 0.29) is 31.1 Å². The number of hydrogen-bond donors (Lipinski definition) is 11. The molecule has 1 aromatic carbocycles. The predicted molar refractivity (Wildman–Crippen MR) is 229 cm³/mol. The van der Waals surface area contributed by atoms with Crippen LogP contribution < -0.4 is 37.2 Å². The van der Waals surface area contributed by atoms with E-state index in [4.69, 9.17) is 0 Å². The molecule has 0 aliphatic heterocycles. The fraction of sp³-hybridized carbons (Fsp3) is 0.634. The lowest BCUT2D eigenvalue weighted by Gasteiger charge is -2.30. The van der Waals surface area contributed by atoms with Gasteiger partial charge >= 0.3 is 11.9 Å². The second-order valence-electron chi connectivity index (χ2n) is 15.9. The molecule has 62 heavy (non-hydrogen) atoms. The largest absolute Gasteiger partial charge is 0.481 e. The number of thioether (sulfide) groups is 1. The van der Waals surface area contributed by atoms with Gasteiger partial charge in [0.15, 0.2) is 0 Å². The van der Waals surface area contributed by atoms with Crippen molar-refractivity contribution in [3.8, 4) is 0 Å². The van der Waals surface area contributed by atoms with Crippen LogP contribution in [0.15, 0.2) is 30.3 Å². The second-order valence-corrected chi connectivity index (χ2v) is 16.9. The Bertz CT molecular complexity index is 1680. The van der Waals surface area contributed by atoms with Gasteiger partial charge in [-0.3, -0.25) is 38.4 Å². The number of rotatable bonds is 28. The highest BCUT2D eigenvalue weighted by atomic mass is 32.2. The molecule has 20 nitrogen and oxygen atoms in total. The van der Waals surface area contributed by atoms with Gasteiger partial charge < -0.3 is 57.6 Å². The Balaban J connectivity index is 3.08. The van der Waals surface area contributed by atoms with Crippen molar-refractivity contribution in [3.05, 3.63) is 35.9 Å². The molecule has 0 aliphatic carbocycles. The van der Waals surface area contributed by atoms with Crippen molar-refractivity contribution in [2.45, 2.75) is 141 Å². The fourth-order valence-electron chi connectivity index (χ4n) is 6.12. The van der Waals surface area contributed by atoms with Crippen LogP contribution in [0.5, 0.6) is 0 Å². The number of carboxylic acid groups (broad SMARTS) is 2. The summed E-state index contributed by atoms with van der Waals surface area (Å²) < 4.78 is 0. The van der Waals surface area contributed by atoms with Crippen molar-refractivity contribution in [2.24, 2.45) is 11.8 Å². The van der Waals surface area contributed by atoms with Gasteiger partial charge in [0, 0.05) is 19.8 Å². The first kappa shape index (κ1) is 54.7. The van der Waals surface area contributed by atoms with Crippen LogP contribution in [-0.4, -0.2) is 140 Å². The molecule has 9 atom stereocenters. The SMILES string of the molecule is CSCC[C@H](NC(=O)[C@@H](NC(C)=O)C(C)C)C(=O)N[C@@H](CC(C)C)[C@@H](O)CC(=O)N[C@H](C(=O)N[C@@H](C)C(=O)N[C@@H](CCC(=O)O)C(=O)N[C@@H](Cc1ccccc1)C(=O)O)[C@@H](C)O. The minimum absolute atomic E-state index is 0.0892. The Kier molecular flexibility index (Phi) is 24.4. The average molecular weight is 896 g/mol. The average Bonchev–Trinajstić information content (AvgIpc) is 3.17. The summed E-state index contributed by atoms with van der Waals surface area (Å²) in [5, 5.41) is 57.9. The zero-order chi connectivity index (χ0) is 47.3. The number of aliphatic carboxylic acids is 2.